The molecule has 4 aromatic rings. The van der Waals surface area contributed by atoms with Crippen LogP contribution < -0.4 is 11.1 Å². The summed E-state index contributed by atoms with van der Waals surface area (Å²) in [6.45, 7) is 4.96. The van der Waals surface area contributed by atoms with E-state index in [1.165, 1.54) is 0 Å². The van der Waals surface area contributed by atoms with E-state index in [4.69, 9.17) is 10.7 Å². The van der Waals surface area contributed by atoms with Crippen molar-refractivity contribution in [2.75, 3.05) is 5.32 Å². The number of anilines is 1. The van der Waals surface area contributed by atoms with E-state index in [1.54, 1.807) is 0 Å². The molecule has 4 heterocycles. The van der Waals surface area contributed by atoms with Gasteiger partial charge < -0.3 is 15.6 Å². The van der Waals surface area contributed by atoms with Gasteiger partial charge in [0, 0.05) is 30.4 Å². The van der Waals surface area contributed by atoms with Crippen LogP contribution in [-0.4, -0.2) is 41.2 Å². The van der Waals surface area contributed by atoms with E-state index in [9.17, 15) is 0 Å². The van der Waals surface area contributed by atoms with Gasteiger partial charge in [0.15, 0.2) is 5.65 Å². The molecule has 0 aliphatic heterocycles. The number of hydrogen-bond acceptors (Lipinski definition) is 6. The first-order valence-corrected chi connectivity index (χ1v) is 9.33. The molecule has 27 heavy (non-hydrogen) atoms. The lowest BCUT2D eigenvalue weighted by atomic mass is 9.88. The van der Waals surface area contributed by atoms with Crippen molar-refractivity contribution in [2.24, 2.45) is 5.73 Å². The Kier molecular flexibility index (Phi) is 3.61. The number of nitrogens with one attached hydrogen (secondary N) is 1. The summed E-state index contributed by atoms with van der Waals surface area (Å²) in [6.07, 6.45) is 5.72. The average Bonchev–Trinajstić information content (AvgIpc) is 3.19. The van der Waals surface area contributed by atoms with Gasteiger partial charge in [-0.15, -0.1) is 5.10 Å². The van der Waals surface area contributed by atoms with Crippen LogP contribution in [0.3, 0.4) is 0 Å². The highest BCUT2D eigenvalue weighted by atomic mass is 15.3. The molecule has 1 aliphatic carbocycles. The highest BCUT2D eigenvalue weighted by molar-refractivity contribution is 5.82. The third-order valence-electron chi connectivity index (χ3n) is 5.30. The summed E-state index contributed by atoms with van der Waals surface area (Å²) in [5.41, 5.74) is 10.5. The van der Waals surface area contributed by atoms with Gasteiger partial charge in [0.1, 0.15) is 11.3 Å². The van der Waals surface area contributed by atoms with Crippen LogP contribution in [-0.2, 0) is 6.54 Å². The quantitative estimate of drug-likeness (QED) is 0.578. The summed E-state index contributed by atoms with van der Waals surface area (Å²) in [4.78, 5) is 13.9. The molecular formula is C19H22N8. The van der Waals surface area contributed by atoms with Crippen molar-refractivity contribution in [2.45, 2.75) is 45.3 Å². The van der Waals surface area contributed by atoms with Crippen molar-refractivity contribution in [3.8, 4) is 11.3 Å². The number of nitrogens with zero attached hydrogens (tertiary/aromatic N) is 6. The van der Waals surface area contributed by atoms with Crippen LogP contribution in [0.1, 0.15) is 25.6 Å². The molecule has 0 unspecified atom stereocenters. The molecule has 0 aromatic carbocycles. The van der Waals surface area contributed by atoms with E-state index < -0.39 is 0 Å². The SMILES string of the molecule is CCn1c(C)nc2ccc(-c3ccn4nc(N[C@H]5C[C@@H](N)C5)ncc34)nc21. The van der Waals surface area contributed by atoms with Gasteiger partial charge in [-0.2, -0.15) is 0 Å². The molecule has 1 saturated carbocycles. The zero-order chi connectivity index (χ0) is 18.5. The minimum atomic E-state index is 0.297. The summed E-state index contributed by atoms with van der Waals surface area (Å²) < 4.78 is 3.97. The highest BCUT2D eigenvalue weighted by Gasteiger charge is 2.26. The maximum Gasteiger partial charge on any atom is 0.241 e. The van der Waals surface area contributed by atoms with E-state index >= 15 is 0 Å². The lowest BCUT2D eigenvalue weighted by molar-refractivity contribution is 0.371. The fourth-order valence-corrected chi connectivity index (χ4v) is 3.79. The van der Waals surface area contributed by atoms with Gasteiger partial charge in [-0.25, -0.2) is 19.5 Å². The molecular weight excluding hydrogens is 340 g/mol. The van der Waals surface area contributed by atoms with E-state index in [2.05, 4.69) is 31.9 Å². The summed E-state index contributed by atoms with van der Waals surface area (Å²) in [6, 6.07) is 6.73. The fourth-order valence-electron chi connectivity index (χ4n) is 3.79. The third-order valence-corrected chi connectivity index (χ3v) is 5.30. The number of imidazole rings is 1. The summed E-state index contributed by atoms with van der Waals surface area (Å²) >= 11 is 0. The third kappa shape index (κ3) is 2.64. The molecule has 0 atom stereocenters. The molecule has 8 nitrogen and oxygen atoms in total. The predicted molar refractivity (Wildman–Crippen MR) is 105 cm³/mol. The first-order chi connectivity index (χ1) is 13.1. The molecule has 138 valence electrons. The van der Waals surface area contributed by atoms with Gasteiger partial charge in [-0.1, -0.05) is 0 Å². The normalized spacial score (nSPS) is 19.5. The molecule has 0 radical (unpaired) electrons. The zero-order valence-corrected chi connectivity index (χ0v) is 15.4. The average molecular weight is 362 g/mol. The maximum atomic E-state index is 5.84. The smallest absolute Gasteiger partial charge is 0.241 e. The second kappa shape index (κ2) is 6.02. The van der Waals surface area contributed by atoms with E-state index in [0.717, 1.165) is 53.1 Å². The maximum absolute atomic E-state index is 5.84. The van der Waals surface area contributed by atoms with Gasteiger partial charge >= 0.3 is 0 Å². The lowest BCUT2D eigenvalue weighted by Gasteiger charge is -2.32. The Balaban J connectivity index is 1.52. The summed E-state index contributed by atoms with van der Waals surface area (Å²) in [7, 11) is 0. The number of fused-ring (bicyclic) bond motifs is 2. The standard InChI is InChI=1S/C19H22N8/c1-3-26-11(2)22-16-5-4-15(24-18(16)26)14-6-7-27-17(14)10-21-19(25-27)23-13-8-12(20)9-13/h4-7,10,12-13H,3,8-9,20H2,1-2H3,(H,23,25)/t12-,13+. The Bertz CT molecular complexity index is 1140. The lowest BCUT2D eigenvalue weighted by Crippen LogP contribution is -2.44. The van der Waals surface area contributed by atoms with E-state index in [0.29, 0.717) is 18.0 Å². The van der Waals surface area contributed by atoms with Gasteiger partial charge in [-0.3, -0.25) is 0 Å². The van der Waals surface area contributed by atoms with Crippen LogP contribution in [0.25, 0.3) is 27.9 Å². The molecule has 0 spiro atoms. The van der Waals surface area contributed by atoms with Crippen molar-refractivity contribution in [1.82, 2.24) is 29.1 Å². The number of pyridine rings is 1. The van der Waals surface area contributed by atoms with Crippen molar-refractivity contribution in [1.29, 1.82) is 0 Å². The molecule has 4 aromatic heterocycles. The van der Waals surface area contributed by atoms with Crippen molar-refractivity contribution < 1.29 is 0 Å². The van der Waals surface area contributed by atoms with E-state index in [-0.39, 0.29) is 0 Å². The molecule has 3 N–H and O–H groups in total. The molecule has 1 fully saturated rings. The summed E-state index contributed by atoms with van der Waals surface area (Å²) in [5, 5.41) is 7.92. The van der Waals surface area contributed by atoms with Crippen molar-refractivity contribution in [3.63, 3.8) is 0 Å². The van der Waals surface area contributed by atoms with Gasteiger partial charge in [0.25, 0.3) is 0 Å². The zero-order valence-electron chi connectivity index (χ0n) is 15.4. The van der Waals surface area contributed by atoms with Crippen LogP contribution in [0.15, 0.2) is 30.6 Å². The molecule has 0 bridgehead atoms. The Morgan fingerprint density at radius 3 is 2.85 bits per heavy atom. The highest BCUT2D eigenvalue weighted by Crippen LogP contribution is 2.27. The van der Waals surface area contributed by atoms with Crippen molar-refractivity contribution >= 4 is 22.6 Å². The first-order valence-electron chi connectivity index (χ1n) is 9.33. The molecule has 8 heteroatoms. The second-order valence-corrected chi connectivity index (χ2v) is 7.16. The number of hydrogen-bond donors (Lipinski definition) is 2. The topological polar surface area (TPSA) is 99.0 Å². The number of aromatic nitrogens is 6. The Hall–Kier alpha value is -3.00. The van der Waals surface area contributed by atoms with Gasteiger partial charge in [0.05, 0.1) is 17.4 Å². The van der Waals surface area contributed by atoms with Crippen LogP contribution in [0, 0.1) is 6.92 Å². The van der Waals surface area contributed by atoms with Crippen LogP contribution in [0.2, 0.25) is 0 Å². The fraction of sp³-hybridized carbons (Fsp3) is 0.368. The van der Waals surface area contributed by atoms with Crippen LogP contribution in [0.5, 0.6) is 0 Å². The number of rotatable bonds is 4. The Morgan fingerprint density at radius 1 is 1.22 bits per heavy atom. The summed E-state index contributed by atoms with van der Waals surface area (Å²) in [5.74, 6) is 1.61. The van der Waals surface area contributed by atoms with Crippen LogP contribution in [0.4, 0.5) is 5.95 Å². The van der Waals surface area contributed by atoms with Gasteiger partial charge in [0.2, 0.25) is 5.95 Å². The van der Waals surface area contributed by atoms with Crippen LogP contribution >= 0.6 is 0 Å². The minimum Gasteiger partial charge on any atom is -0.350 e. The number of nitrogens with two attached hydrogens (primary N) is 1. The van der Waals surface area contributed by atoms with Gasteiger partial charge in [-0.05, 0) is 44.9 Å². The molecule has 5 rings (SSSR count). The number of aryl methyl sites for hydroxylation is 2. The Labute approximate surface area is 156 Å². The minimum absolute atomic E-state index is 0.297. The largest absolute Gasteiger partial charge is 0.350 e. The van der Waals surface area contributed by atoms with Crippen molar-refractivity contribution in [3.05, 3.63) is 36.4 Å². The monoisotopic (exact) mass is 362 g/mol. The molecule has 0 saturated heterocycles. The Morgan fingerprint density at radius 2 is 2.07 bits per heavy atom. The predicted octanol–water partition coefficient (Wildman–Crippen LogP) is 2.37. The first kappa shape index (κ1) is 16.2. The molecule has 1 aliphatic rings. The molecule has 0 amide bonds. The second-order valence-electron chi connectivity index (χ2n) is 7.16. The van der Waals surface area contributed by atoms with E-state index in [1.807, 2.05) is 42.0 Å².